The molecule has 3 rings (SSSR count). The third-order valence-electron chi connectivity index (χ3n) is 2.98. The second kappa shape index (κ2) is 4.38. The number of hydrogen-bond acceptors (Lipinski definition) is 4. The normalized spacial score (nSPS) is 15.7. The first-order valence-electron chi connectivity index (χ1n) is 6.11. The van der Waals surface area contributed by atoms with E-state index in [-0.39, 0.29) is 5.60 Å². The van der Waals surface area contributed by atoms with Crippen LogP contribution in [-0.4, -0.2) is 11.9 Å². The van der Waals surface area contributed by atoms with Gasteiger partial charge < -0.3 is 9.47 Å². The number of fused-ring (bicyclic) bond motifs is 1. The fourth-order valence-corrected chi connectivity index (χ4v) is 2.91. The van der Waals surface area contributed by atoms with Gasteiger partial charge in [-0.15, -0.1) is 0 Å². The standard InChI is InChI=1S/C15H14O3S/c1-15(2)8-10-4-3-5-12(14(10)18-15)17-13-7-6-11(9-16)19-13/h3-7,9H,8H2,1-2H3. The summed E-state index contributed by atoms with van der Waals surface area (Å²) in [5.74, 6) is 1.52. The highest BCUT2D eigenvalue weighted by molar-refractivity contribution is 7.15. The Kier molecular flexibility index (Phi) is 2.82. The highest BCUT2D eigenvalue weighted by Crippen LogP contribution is 2.44. The molecular formula is C15H14O3S. The van der Waals surface area contributed by atoms with Crippen molar-refractivity contribution in [3.8, 4) is 16.6 Å². The van der Waals surface area contributed by atoms with Crippen molar-refractivity contribution < 1.29 is 14.3 Å². The quantitative estimate of drug-likeness (QED) is 0.792. The van der Waals surface area contributed by atoms with Gasteiger partial charge in [-0.05, 0) is 32.0 Å². The lowest BCUT2D eigenvalue weighted by atomic mass is 10.0. The molecule has 0 fully saturated rings. The molecule has 3 nitrogen and oxygen atoms in total. The van der Waals surface area contributed by atoms with E-state index in [1.54, 1.807) is 12.1 Å². The molecule has 1 aromatic heterocycles. The summed E-state index contributed by atoms with van der Waals surface area (Å²) in [5.41, 5.74) is 0.972. The van der Waals surface area contributed by atoms with Gasteiger partial charge in [-0.1, -0.05) is 23.5 Å². The van der Waals surface area contributed by atoms with Gasteiger partial charge in [0.05, 0.1) is 4.88 Å². The molecule has 98 valence electrons. The van der Waals surface area contributed by atoms with Crippen LogP contribution >= 0.6 is 11.3 Å². The van der Waals surface area contributed by atoms with Crippen LogP contribution in [-0.2, 0) is 6.42 Å². The van der Waals surface area contributed by atoms with Crippen molar-refractivity contribution in [2.45, 2.75) is 25.9 Å². The molecule has 0 spiro atoms. The van der Waals surface area contributed by atoms with E-state index >= 15 is 0 Å². The lowest BCUT2D eigenvalue weighted by Crippen LogP contribution is -2.24. The molecule has 4 heteroatoms. The van der Waals surface area contributed by atoms with E-state index in [2.05, 4.69) is 19.9 Å². The number of benzene rings is 1. The summed E-state index contributed by atoms with van der Waals surface area (Å²) in [7, 11) is 0. The topological polar surface area (TPSA) is 35.5 Å². The number of ether oxygens (including phenoxy) is 2. The molecule has 1 aliphatic rings. The maximum absolute atomic E-state index is 10.7. The van der Waals surface area contributed by atoms with Gasteiger partial charge in [0.2, 0.25) is 0 Å². The molecule has 0 atom stereocenters. The van der Waals surface area contributed by atoms with E-state index < -0.39 is 0 Å². The maximum atomic E-state index is 10.7. The van der Waals surface area contributed by atoms with Crippen molar-refractivity contribution in [2.75, 3.05) is 0 Å². The number of carbonyl (C=O) groups excluding carboxylic acids is 1. The average molecular weight is 274 g/mol. The fraction of sp³-hybridized carbons (Fsp3) is 0.267. The maximum Gasteiger partial charge on any atom is 0.181 e. The Morgan fingerprint density at radius 2 is 2.16 bits per heavy atom. The molecule has 0 radical (unpaired) electrons. The first kappa shape index (κ1) is 12.2. The molecular weight excluding hydrogens is 260 g/mol. The van der Waals surface area contributed by atoms with Crippen molar-refractivity contribution in [2.24, 2.45) is 0 Å². The van der Waals surface area contributed by atoms with Crippen molar-refractivity contribution in [1.29, 1.82) is 0 Å². The molecule has 0 saturated carbocycles. The van der Waals surface area contributed by atoms with Crippen LogP contribution in [0.5, 0.6) is 16.6 Å². The predicted molar refractivity (Wildman–Crippen MR) is 74.6 cm³/mol. The second-order valence-electron chi connectivity index (χ2n) is 5.16. The van der Waals surface area contributed by atoms with Gasteiger partial charge in [0, 0.05) is 12.0 Å². The molecule has 2 heterocycles. The zero-order valence-corrected chi connectivity index (χ0v) is 11.6. The van der Waals surface area contributed by atoms with Gasteiger partial charge in [0.15, 0.2) is 22.8 Å². The minimum Gasteiger partial charge on any atom is -0.483 e. The smallest absolute Gasteiger partial charge is 0.181 e. The molecule has 0 unspecified atom stereocenters. The Balaban J connectivity index is 1.91. The Bertz CT molecular complexity index is 628. The summed E-state index contributed by atoms with van der Waals surface area (Å²) in [5, 5.41) is 0.698. The molecule has 19 heavy (non-hydrogen) atoms. The minimum absolute atomic E-state index is 0.189. The first-order valence-corrected chi connectivity index (χ1v) is 6.93. The molecule has 0 N–H and O–H groups in total. The molecule has 0 bridgehead atoms. The molecule has 2 aromatic rings. The monoisotopic (exact) mass is 274 g/mol. The number of carbonyl (C=O) groups is 1. The Morgan fingerprint density at radius 3 is 2.89 bits per heavy atom. The van der Waals surface area contributed by atoms with Crippen molar-refractivity contribution >= 4 is 17.6 Å². The van der Waals surface area contributed by atoms with Crippen molar-refractivity contribution in [1.82, 2.24) is 0 Å². The van der Waals surface area contributed by atoms with Crippen LogP contribution in [0.1, 0.15) is 29.1 Å². The third-order valence-corrected chi connectivity index (χ3v) is 3.87. The van der Waals surface area contributed by atoms with Gasteiger partial charge in [0.25, 0.3) is 0 Å². The first-order chi connectivity index (χ1) is 9.07. The van der Waals surface area contributed by atoms with Crippen LogP contribution in [0.25, 0.3) is 0 Å². The number of hydrogen-bond donors (Lipinski definition) is 0. The van der Waals surface area contributed by atoms with Crippen LogP contribution in [0.4, 0.5) is 0 Å². The highest BCUT2D eigenvalue weighted by atomic mass is 32.1. The number of rotatable bonds is 3. The van der Waals surface area contributed by atoms with E-state index in [4.69, 9.17) is 9.47 Å². The second-order valence-corrected chi connectivity index (χ2v) is 6.24. The lowest BCUT2D eigenvalue weighted by Gasteiger charge is -2.17. The zero-order valence-electron chi connectivity index (χ0n) is 10.8. The molecule has 0 amide bonds. The number of aldehydes is 1. The minimum atomic E-state index is -0.189. The molecule has 1 aliphatic heterocycles. The van der Waals surface area contributed by atoms with Crippen LogP contribution in [0, 0.1) is 0 Å². The van der Waals surface area contributed by atoms with E-state index in [0.29, 0.717) is 15.7 Å². The van der Waals surface area contributed by atoms with Crippen LogP contribution in [0.15, 0.2) is 30.3 Å². The summed E-state index contributed by atoms with van der Waals surface area (Å²) < 4.78 is 11.8. The van der Waals surface area contributed by atoms with E-state index in [0.717, 1.165) is 24.0 Å². The highest BCUT2D eigenvalue weighted by Gasteiger charge is 2.32. The SMILES string of the molecule is CC1(C)Cc2cccc(Oc3ccc(C=O)s3)c2O1. The zero-order chi connectivity index (χ0) is 13.5. The van der Waals surface area contributed by atoms with Crippen molar-refractivity contribution in [3.63, 3.8) is 0 Å². The Labute approximate surface area is 115 Å². The molecule has 0 aliphatic carbocycles. The van der Waals surface area contributed by atoms with Crippen LogP contribution < -0.4 is 9.47 Å². The summed E-state index contributed by atoms with van der Waals surface area (Å²) in [6.45, 7) is 4.12. The summed E-state index contributed by atoms with van der Waals surface area (Å²) in [4.78, 5) is 11.3. The van der Waals surface area contributed by atoms with E-state index in [1.807, 2.05) is 12.1 Å². The molecule has 1 aromatic carbocycles. The number of para-hydroxylation sites is 1. The number of thiophene rings is 1. The average Bonchev–Trinajstić information content (AvgIpc) is 2.92. The van der Waals surface area contributed by atoms with Gasteiger partial charge >= 0.3 is 0 Å². The summed E-state index contributed by atoms with van der Waals surface area (Å²) in [6.07, 6.45) is 1.70. The van der Waals surface area contributed by atoms with Gasteiger partial charge in [-0.3, -0.25) is 4.79 Å². The van der Waals surface area contributed by atoms with Gasteiger partial charge in [0.1, 0.15) is 5.60 Å². The Morgan fingerprint density at radius 1 is 1.32 bits per heavy atom. The van der Waals surface area contributed by atoms with Crippen molar-refractivity contribution in [3.05, 3.63) is 40.8 Å². The largest absolute Gasteiger partial charge is 0.483 e. The Hall–Kier alpha value is -1.81. The van der Waals surface area contributed by atoms with Crippen LogP contribution in [0.2, 0.25) is 0 Å². The predicted octanol–water partition coefficient (Wildman–Crippen LogP) is 4.07. The van der Waals surface area contributed by atoms with E-state index in [9.17, 15) is 4.79 Å². The summed E-state index contributed by atoms with van der Waals surface area (Å²) >= 11 is 1.33. The summed E-state index contributed by atoms with van der Waals surface area (Å²) in [6, 6.07) is 9.46. The van der Waals surface area contributed by atoms with E-state index in [1.165, 1.54) is 11.3 Å². The fourth-order valence-electron chi connectivity index (χ4n) is 2.23. The van der Waals surface area contributed by atoms with Crippen LogP contribution in [0.3, 0.4) is 0 Å². The molecule has 0 saturated heterocycles. The lowest BCUT2D eigenvalue weighted by molar-refractivity contribution is 0.112. The van der Waals surface area contributed by atoms with Gasteiger partial charge in [-0.25, -0.2) is 0 Å². The third kappa shape index (κ3) is 2.36. The van der Waals surface area contributed by atoms with Gasteiger partial charge in [-0.2, -0.15) is 0 Å².